The molecule has 0 saturated heterocycles. The van der Waals surface area contributed by atoms with Gasteiger partial charge in [-0.05, 0) is 31.5 Å². The molecule has 0 bridgehead atoms. The molecule has 0 radical (unpaired) electrons. The predicted molar refractivity (Wildman–Crippen MR) is 74.7 cm³/mol. The van der Waals surface area contributed by atoms with Gasteiger partial charge in [-0.15, -0.1) is 0 Å². The highest BCUT2D eigenvalue weighted by molar-refractivity contribution is 5.45. The molecule has 5 heteroatoms. The molecule has 0 atom stereocenters. The molecule has 0 fully saturated rings. The molecule has 1 aromatic heterocycles. The number of anilines is 1. The van der Waals surface area contributed by atoms with E-state index in [2.05, 4.69) is 15.5 Å². The molecule has 0 unspecified atom stereocenters. The largest absolute Gasteiger partial charge is 0.493 e. The lowest BCUT2D eigenvalue weighted by Crippen LogP contribution is -2.07. The SMILES string of the molecule is COc1cc(CNc2cn[nH]c2)ccc1OC(C)C. The average molecular weight is 261 g/mol. The first kappa shape index (κ1) is 13.3. The summed E-state index contributed by atoms with van der Waals surface area (Å²) < 4.78 is 11.0. The number of benzene rings is 1. The van der Waals surface area contributed by atoms with E-state index >= 15 is 0 Å². The van der Waals surface area contributed by atoms with Crippen molar-refractivity contribution >= 4 is 5.69 Å². The molecule has 0 amide bonds. The second kappa shape index (κ2) is 6.13. The van der Waals surface area contributed by atoms with Crippen LogP contribution in [-0.4, -0.2) is 23.4 Å². The van der Waals surface area contributed by atoms with E-state index in [1.165, 1.54) is 0 Å². The van der Waals surface area contributed by atoms with Gasteiger partial charge >= 0.3 is 0 Å². The number of H-pyrrole nitrogens is 1. The quantitative estimate of drug-likeness (QED) is 0.839. The van der Waals surface area contributed by atoms with Crippen molar-refractivity contribution < 1.29 is 9.47 Å². The lowest BCUT2D eigenvalue weighted by Gasteiger charge is -2.14. The molecule has 2 rings (SSSR count). The van der Waals surface area contributed by atoms with Gasteiger partial charge < -0.3 is 14.8 Å². The van der Waals surface area contributed by atoms with Crippen molar-refractivity contribution in [2.75, 3.05) is 12.4 Å². The summed E-state index contributed by atoms with van der Waals surface area (Å²) in [4.78, 5) is 0. The molecule has 0 aliphatic heterocycles. The maximum Gasteiger partial charge on any atom is 0.161 e. The van der Waals surface area contributed by atoms with Gasteiger partial charge in [0.1, 0.15) is 0 Å². The van der Waals surface area contributed by atoms with E-state index in [1.807, 2.05) is 38.2 Å². The van der Waals surface area contributed by atoms with Crippen LogP contribution in [0, 0.1) is 0 Å². The second-order valence-electron chi connectivity index (χ2n) is 4.49. The van der Waals surface area contributed by atoms with E-state index in [9.17, 15) is 0 Å². The van der Waals surface area contributed by atoms with Crippen molar-refractivity contribution in [3.63, 3.8) is 0 Å². The van der Waals surface area contributed by atoms with Gasteiger partial charge in [-0.1, -0.05) is 6.07 Å². The van der Waals surface area contributed by atoms with Crippen molar-refractivity contribution in [3.8, 4) is 11.5 Å². The number of nitrogens with zero attached hydrogens (tertiary/aromatic N) is 1. The van der Waals surface area contributed by atoms with Gasteiger partial charge in [-0.3, -0.25) is 5.10 Å². The van der Waals surface area contributed by atoms with Crippen molar-refractivity contribution in [3.05, 3.63) is 36.2 Å². The van der Waals surface area contributed by atoms with Crippen LogP contribution in [0.2, 0.25) is 0 Å². The Morgan fingerprint density at radius 1 is 1.32 bits per heavy atom. The Labute approximate surface area is 112 Å². The molecule has 0 aliphatic rings. The van der Waals surface area contributed by atoms with E-state index in [0.717, 1.165) is 22.7 Å². The van der Waals surface area contributed by atoms with Crippen LogP contribution in [0.3, 0.4) is 0 Å². The van der Waals surface area contributed by atoms with Crippen LogP contribution in [0.4, 0.5) is 5.69 Å². The van der Waals surface area contributed by atoms with Crippen LogP contribution in [0.1, 0.15) is 19.4 Å². The van der Waals surface area contributed by atoms with Crippen LogP contribution in [0.25, 0.3) is 0 Å². The van der Waals surface area contributed by atoms with Gasteiger partial charge in [0.05, 0.1) is 25.1 Å². The maximum atomic E-state index is 5.68. The topological polar surface area (TPSA) is 59.2 Å². The summed E-state index contributed by atoms with van der Waals surface area (Å²) in [7, 11) is 1.65. The number of ether oxygens (including phenoxy) is 2. The van der Waals surface area contributed by atoms with E-state index in [0.29, 0.717) is 6.54 Å². The first-order valence-corrected chi connectivity index (χ1v) is 6.25. The second-order valence-corrected chi connectivity index (χ2v) is 4.49. The van der Waals surface area contributed by atoms with Gasteiger partial charge in [-0.2, -0.15) is 5.10 Å². The molecule has 5 nitrogen and oxygen atoms in total. The third kappa shape index (κ3) is 3.64. The highest BCUT2D eigenvalue weighted by atomic mass is 16.5. The summed E-state index contributed by atoms with van der Waals surface area (Å²) in [5.74, 6) is 1.52. The minimum Gasteiger partial charge on any atom is -0.493 e. The van der Waals surface area contributed by atoms with Gasteiger partial charge in [0, 0.05) is 12.7 Å². The maximum absolute atomic E-state index is 5.68. The highest BCUT2D eigenvalue weighted by Gasteiger charge is 2.07. The fourth-order valence-corrected chi connectivity index (χ4v) is 1.72. The van der Waals surface area contributed by atoms with E-state index < -0.39 is 0 Å². The van der Waals surface area contributed by atoms with Crippen molar-refractivity contribution in [2.45, 2.75) is 26.5 Å². The van der Waals surface area contributed by atoms with Gasteiger partial charge in [0.15, 0.2) is 11.5 Å². The number of aromatic nitrogens is 2. The van der Waals surface area contributed by atoms with Crippen LogP contribution in [0.15, 0.2) is 30.6 Å². The molecule has 2 N–H and O–H groups in total. The van der Waals surface area contributed by atoms with Crippen LogP contribution in [-0.2, 0) is 6.54 Å². The smallest absolute Gasteiger partial charge is 0.161 e. The van der Waals surface area contributed by atoms with Crippen molar-refractivity contribution in [2.24, 2.45) is 0 Å². The lowest BCUT2D eigenvalue weighted by molar-refractivity contribution is 0.230. The van der Waals surface area contributed by atoms with Crippen LogP contribution >= 0.6 is 0 Å². The van der Waals surface area contributed by atoms with Gasteiger partial charge in [-0.25, -0.2) is 0 Å². The Balaban J connectivity index is 2.05. The predicted octanol–water partition coefficient (Wildman–Crippen LogP) is 2.82. The summed E-state index contributed by atoms with van der Waals surface area (Å²) in [6.45, 7) is 4.69. The molecule has 2 aromatic rings. The Bertz CT molecular complexity index is 509. The Morgan fingerprint density at radius 2 is 2.16 bits per heavy atom. The van der Waals surface area contributed by atoms with Gasteiger partial charge in [0.2, 0.25) is 0 Å². The summed E-state index contributed by atoms with van der Waals surface area (Å²) in [6, 6.07) is 5.93. The molecule has 1 heterocycles. The number of hydrogen-bond donors (Lipinski definition) is 2. The summed E-state index contributed by atoms with van der Waals surface area (Å²) in [5.41, 5.74) is 2.08. The highest BCUT2D eigenvalue weighted by Crippen LogP contribution is 2.29. The van der Waals surface area contributed by atoms with Crippen LogP contribution in [0.5, 0.6) is 11.5 Å². The Hall–Kier alpha value is -2.17. The summed E-state index contributed by atoms with van der Waals surface area (Å²) in [5, 5.41) is 9.91. The Morgan fingerprint density at radius 3 is 2.79 bits per heavy atom. The van der Waals surface area contributed by atoms with E-state index in [-0.39, 0.29) is 6.10 Å². The first-order valence-electron chi connectivity index (χ1n) is 6.25. The normalized spacial score (nSPS) is 10.5. The van der Waals surface area contributed by atoms with E-state index in [1.54, 1.807) is 13.3 Å². The minimum atomic E-state index is 0.129. The number of methoxy groups -OCH3 is 1. The molecule has 1 aromatic carbocycles. The zero-order valence-electron chi connectivity index (χ0n) is 11.4. The third-order valence-corrected chi connectivity index (χ3v) is 2.59. The zero-order chi connectivity index (χ0) is 13.7. The standard InChI is InChI=1S/C14H19N3O2/c1-10(2)19-13-5-4-11(6-14(13)18-3)7-15-12-8-16-17-9-12/h4-6,8-10,15H,7H2,1-3H3,(H,16,17). The van der Waals surface area contributed by atoms with Crippen molar-refractivity contribution in [1.82, 2.24) is 10.2 Å². The number of rotatable bonds is 6. The molecule has 0 spiro atoms. The van der Waals surface area contributed by atoms with Crippen molar-refractivity contribution in [1.29, 1.82) is 0 Å². The zero-order valence-corrected chi connectivity index (χ0v) is 11.4. The fourth-order valence-electron chi connectivity index (χ4n) is 1.72. The monoisotopic (exact) mass is 261 g/mol. The number of nitrogens with one attached hydrogen (secondary N) is 2. The van der Waals surface area contributed by atoms with Crippen LogP contribution < -0.4 is 14.8 Å². The van der Waals surface area contributed by atoms with Gasteiger partial charge in [0.25, 0.3) is 0 Å². The van der Waals surface area contributed by atoms with E-state index in [4.69, 9.17) is 9.47 Å². The molecular formula is C14H19N3O2. The molecule has 0 saturated carbocycles. The number of hydrogen-bond acceptors (Lipinski definition) is 4. The summed E-state index contributed by atoms with van der Waals surface area (Å²) in [6.07, 6.45) is 3.69. The fraction of sp³-hybridized carbons (Fsp3) is 0.357. The molecule has 19 heavy (non-hydrogen) atoms. The minimum absolute atomic E-state index is 0.129. The molecule has 0 aliphatic carbocycles. The molecule has 102 valence electrons. The molecular weight excluding hydrogens is 242 g/mol. The number of aromatic amines is 1. The average Bonchev–Trinajstić information content (AvgIpc) is 2.90. The lowest BCUT2D eigenvalue weighted by atomic mass is 10.2. The third-order valence-electron chi connectivity index (χ3n) is 2.59. The Kier molecular flexibility index (Phi) is 4.28. The summed E-state index contributed by atoms with van der Waals surface area (Å²) >= 11 is 0. The first-order chi connectivity index (χ1) is 9.19.